The van der Waals surface area contributed by atoms with E-state index in [1.165, 1.54) is 5.39 Å². The molecule has 2 rings (SSSR count). The van der Waals surface area contributed by atoms with Gasteiger partial charge in [-0.05, 0) is 24.6 Å². The third kappa shape index (κ3) is 2.21. The van der Waals surface area contributed by atoms with Gasteiger partial charge >= 0.3 is 0 Å². The average molecular weight is 268 g/mol. The highest BCUT2D eigenvalue weighted by Gasteiger charge is 2.08. The van der Waals surface area contributed by atoms with Crippen LogP contribution in [0.1, 0.15) is 19.0 Å². The van der Waals surface area contributed by atoms with E-state index in [2.05, 4.69) is 39.1 Å². The standard InChI is InChI=1S/C11H14BrN3/c1-2-8(13)6-11-9-4-3-7(12)5-10(9)14-15-11/h3-5,8H,2,6,13H2,1H3,(H,14,15). The minimum absolute atomic E-state index is 0.206. The number of hydrogen-bond donors (Lipinski definition) is 2. The number of aromatic amines is 1. The van der Waals surface area contributed by atoms with Crippen molar-refractivity contribution in [1.82, 2.24) is 10.2 Å². The summed E-state index contributed by atoms with van der Waals surface area (Å²) < 4.78 is 1.05. The molecule has 4 heteroatoms. The minimum atomic E-state index is 0.206. The number of benzene rings is 1. The van der Waals surface area contributed by atoms with Crippen molar-refractivity contribution in [2.75, 3.05) is 0 Å². The smallest absolute Gasteiger partial charge is 0.0934 e. The number of halogens is 1. The van der Waals surface area contributed by atoms with Gasteiger partial charge in [-0.3, -0.25) is 5.10 Å². The Bertz CT molecular complexity index is 464. The molecular formula is C11H14BrN3. The number of fused-ring (bicyclic) bond motifs is 1. The van der Waals surface area contributed by atoms with Crippen LogP contribution in [-0.2, 0) is 6.42 Å². The zero-order valence-corrected chi connectivity index (χ0v) is 10.2. The van der Waals surface area contributed by atoms with Crippen molar-refractivity contribution in [2.45, 2.75) is 25.8 Å². The first-order valence-corrected chi connectivity index (χ1v) is 5.88. The number of nitrogens with two attached hydrogens (primary N) is 1. The van der Waals surface area contributed by atoms with Gasteiger partial charge in [-0.15, -0.1) is 0 Å². The molecule has 1 heterocycles. The number of rotatable bonds is 3. The Morgan fingerprint density at radius 1 is 1.53 bits per heavy atom. The zero-order chi connectivity index (χ0) is 10.8. The van der Waals surface area contributed by atoms with Crippen molar-refractivity contribution in [3.8, 4) is 0 Å². The normalized spacial score (nSPS) is 13.3. The molecule has 1 atom stereocenters. The van der Waals surface area contributed by atoms with Gasteiger partial charge in [-0.1, -0.05) is 22.9 Å². The predicted octanol–water partition coefficient (Wildman–Crippen LogP) is 2.61. The van der Waals surface area contributed by atoms with Crippen LogP contribution in [0, 0.1) is 0 Å². The van der Waals surface area contributed by atoms with E-state index in [1.807, 2.05) is 12.1 Å². The first kappa shape index (κ1) is 10.6. The molecule has 0 aliphatic carbocycles. The first-order valence-electron chi connectivity index (χ1n) is 5.08. The lowest BCUT2D eigenvalue weighted by Crippen LogP contribution is -2.21. The number of aromatic nitrogens is 2. The average Bonchev–Trinajstić information content (AvgIpc) is 2.60. The van der Waals surface area contributed by atoms with Crippen molar-refractivity contribution in [3.63, 3.8) is 0 Å². The molecule has 3 N–H and O–H groups in total. The fraction of sp³-hybridized carbons (Fsp3) is 0.364. The van der Waals surface area contributed by atoms with E-state index >= 15 is 0 Å². The quantitative estimate of drug-likeness (QED) is 0.899. The van der Waals surface area contributed by atoms with E-state index in [9.17, 15) is 0 Å². The molecule has 2 aromatic rings. The summed E-state index contributed by atoms with van der Waals surface area (Å²) in [7, 11) is 0. The summed E-state index contributed by atoms with van der Waals surface area (Å²) in [4.78, 5) is 0. The van der Waals surface area contributed by atoms with Crippen LogP contribution in [0.3, 0.4) is 0 Å². The van der Waals surface area contributed by atoms with Crippen molar-refractivity contribution < 1.29 is 0 Å². The van der Waals surface area contributed by atoms with Gasteiger partial charge in [0.15, 0.2) is 0 Å². The second-order valence-electron chi connectivity index (χ2n) is 3.74. The highest BCUT2D eigenvalue weighted by Crippen LogP contribution is 2.21. The maximum absolute atomic E-state index is 5.93. The van der Waals surface area contributed by atoms with Crippen molar-refractivity contribution >= 4 is 26.8 Å². The lowest BCUT2D eigenvalue weighted by Gasteiger charge is -2.06. The molecule has 15 heavy (non-hydrogen) atoms. The van der Waals surface area contributed by atoms with Crippen molar-refractivity contribution in [3.05, 3.63) is 28.4 Å². The summed E-state index contributed by atoms with van der Waals surface area (Å²) in [6.07, 6.45) is 1.84. The molecule has 0 saturated carbocycles. The van der Waals surface area contributed by atoms with Gasteiger partial charge in [0.05, 0.1) is 5.52 Å². The van der Waals surface area contributed by atoms with Gasteiger partial charge in [-0.25, -0.2) is 0 Å². The van der Waals surface area contributed by atoms with E-state index in [-0.39, 0.29) is 6.04 Å². The monoisotopic (exact) mass is 267 g/mol. The summed E-state index contributed by atoms with van der Waals surface area (Å²) in [5, 5.41) is 8.48. The molecule has 0 aliphatic heterocycles. The molecule has 0 aliphatic rings. The van der Waals surface area contributed by atoms with Crippen LogP contribution in [0.15, 0.2) is 22.7 Å². The Labute approximate surface area is 97.2 Å². The highest BCUT2D eigenvalue weighted by molar-refractivity contribution is 9.10. The maximum Gasteiger partial charge on any atom is 0.0934 e. The summed E-state index contributed by atoms with van der Waals surface area (Å²) >= 11 is 3.43. The largest absolute Gasteiger partial charge is 0.327 e. The molecule has 1 aromatic heterocycles. The van der Waals surface area contributed by atoms with Crippen molar-refractivity contribution in [1.29, 1.82) is 0 Å². The Kier molecular flexibility index (Phi) is 3.07. The zero-order valence-electron chi connectivity index (χ0n) is 8.63. The van der Waals surface area contributed by atoms with Gasteiger partial charge in [-0.2, -0.15) is 5.10 Å². The molecule has 80 valence electrons. The van der Waals surface area contributed by atoms with Gasteiger partial charge in [0, 0.05) is 28.0 Å². The van der Waals surface area contributed by atoms with Crippen LogP contribution in [-0.4, -0.2) is 16.2 Å². The Morgan fingerprint density at radius 3 is 3.07 bits per heavy atom. The number of hydrogen-bond acceptors (Lipinski definition) is 2. The summed E-state index contributed by atoms with van der Waals surface area (Å²) in [5.41, 5.74) is 8.05. The molecule has 0 saturated heterocycles. The third-order valence-electron chi connectivity index (χ3n) is 2.59. The second kappa shape index (κ2) is 4.33. The summed E-state index contributed by atoms with van der Waals surface area (Å²) in [6.45, 7) is 2.10. The highest BCUT2D eigenvalue weighted by atomic mass is 79.9. The maximum atomic E-state index is 5.93. The van der Waals surface area contributed by atoms with Crippen molar-refractivity contribution in [2.24, 2.45) is 5.73 Å². The lowest BCUT2D eigenvalue weighted by atomic mass is 10.1. The minimum Gasteiger partial charge on any atom is -0.327 e. The molecule has 3 nitrogen and oxygen atoms in total. The van der Waals surface area contributed by atoms with Gasteiger partial charge in [0.25, 0.3) is 0 Å². The van der Waals surface area contributed by atoms with Crippen LogP contribution in [0.25, 0.3) is 10.9 Å². The number of nitrogens with one attached hydrogen (secondary N) is 1. The van der Waals surface area contributed by atoms with E-state index in [0.29, 0.717) is 0 Å². The fourth-order valence-corrected chi connectivity index (χ4v) is 1.95. The predicted molar refractivity (Wildman–Crippen MR) is 65.8 cm³/mol. The molecule has 0 amide bonds. The Balaban J connectivity index is 2.36. The van der Waals surface area contributed by atoms with Crippen LogP contribution < -0.4 is 5.73 Å². The molecule has 0 radical (unpaired) electrons. The topological polar surface area (TPSA) is 54.7 Å². The van der Waals surface area contributed by atoms with E-state index < -0.39 is 0 Å². The molecular weight excluding hydrogens is 254 g/mol. The van der Waals surface area contributed by atoms with Crippen LogP contribution in [0.2, 0.25) is 0 Å². The van der Waals surface area contributed by atoms with Crippen LogP contribution in [0.5, 0.6) is 0 Å². The SMILES string of the molecule is CCC(N)Cc1[nH]nc2cc(Br)ccc12. The van der Waals surface area contributed by atoms with Gasteiger partial charge < -0.3 is 5.73 Å². The molecule has 1 aromatic carbocycles. The van der Waals surface area contributed by atoms with Crippen LogP contribution >= 0.6 is 15.9 Å². The molecule has 0 spiro atoms. The number of nitrogens with zero attached hydrogens (tertiary/aromatic N) is 1. The van der Waals surface area contributed by atoms with E-state index in [1.54, 1.807) is 0 Å². The summed E-state index contributed by atoms with van der Waals surface area (Å²) in [6, 6.07) is 6.31. The van der Waals surface area contributed by atoms with Gasteiger partial charge in [0.1, 0.15) is 0 Å². The lowest BCUT2D eigenvalue weighted by molar-refractivity contribution is 0.637. The molecule has 0 bridgehead atoms. The third-order valence-corrected chi connectivity index (χ3v) is 3.08. The first-order chi connectivity index (χ1) is 7.20. The summed E-state index contributed by atoms with van der Waals surface area (Å²) in [5.74, 6) is 0. The van der Waals surface area contributed by atoms with E-state index in [0.717, 1.165) is 28.5 Å². The molecule has 1 unspecified atom stereocenters. The molecule has 0 fully saturated rings. The Hall–Kier alpha value is -0.870. The van der Waals surface area contributed by atoms with Gasteiger partial charge in [0.2, 0.25) is 0 Å². The van der Waals surface area contributed by atoms with Crippen LogP contribution in [0.4, 0.5) is 0 Å². The van der Waals surface area contributed by atoms with E-state index in [4.69, 9.17) is 5.73 Å². The second-order valence-corrected chi connectivity index (χ2v) is 4.65. The number of H-pyrrole nitrogens is 1. The Morgan fingerprint density at radius 2 is 2.33 bits per heavy atom. The fourth-order valence-electron chi connectivity index (χ4n) is 1.60.